The molecule has 1 aromatic carbocycles. The summed E-state index contributed by atoms with van der Waals surface area (Å²) in [4.78, 5) is 22.2. The smallest absolute Gasteiger partial charge is 0.348 e. The molecular weight excluding hydrogens is 256 g/mol. The minimum Gasteiger partial charge on any atom is -0.478 e. The maximum Gasteiger partial charge on any atom is 0.348 e. The molecule has 4 nitrogen and oxygen atoms in total. The first-order chi connectivity index (χ1) is 8.49. The minimum absolute atomic E-state index is 0.237. The van der Waals surface area contributed by atoms with E-state index in [1.54, 1.807) is 19.9 Å². The Labute approximate surface area is 111 Å². The molecule has 1 N–H and O–H groups in total. The number of carboxylic acid groups (broad SMARTS) is 1. The predicted molar refractivity (Wildman–Crippen MR) is 68.4 cm³/mol. The Bertz CT molecular complexity index is 452. The van der Waals surface area contributed by atoms with Crippen LogP contribution in [0.25, 0.3) is 0 Å². The molecule has 1 aromatic rings. The van der Waals surface area contributed by atoms with Crippen LogP contribution in [0.4, 0.5) is 0 Å². The van der Waals surface area contributed by atoms with Crippen LogP contribution in [0.2, 0.25) is 5.02 Å². The van der Waals surface area contributed by atoms with Gasteiger partial charge >= 0.3 is 5.97 Å². The van der Waals surface area contributed by atoms with Crippen LogP contribution in [-0.4, -0.2) is 23.0 Å². The number of hydrogen-bond donors (Lipinski definition) is 1. The Kier molecular flexibility index (Phi) is 4.73. The topological polar surface area (TPSA) is 63.6 Å². The number of halogens is 1. The van der Waals surface area contributed by atoms with Gasteiger partial charge in [0.15, 0.2) is 6.29 Å². The van der Waals surface area contributed by atoms with Crippen LogP contribution < -0.4 is 4.74 Å². The second-order valence-electron chi connectivity index (χ2n) is 3.91. The van der Waals surface area contributed by atoms with Crippen molar-refractivity contribution in [3.05, 3.63) is 28.8 Å². The Morgan fingerprint density at radius 2 is 2.06 bits per heavy atom. The molecule has 18 heavy (non-hydrogen) atoms. The number of carbonyl (C=O) groups excluding carboxylic acids is 1. The zero-order chi connectivity index (χ0) is 13.8. The lowest BCUT2D eigenvalue weighted by molar-refractivity contribution is -0.156. The average molecular weight is 271 g/mol. The third-order valence-corrected chi connectivity index (χ3v) is 3.17. The Morgan fingerprint density at radius 3 is 2.50 bits per heavy atom. The minimum atomic E-state index is -1.31. The third-order valence-electron chi connectivity index (χ3n) is 2.94. The number of ether oxygens (including phenoxy) is 1. The van der Waals surface area contributed by atoms with E-state index in [-0.39, 0.29) is 11.3 Å². The van der Waals surface area contributed by atoms with Crippen molar-refractivity contribution in [2.45, 2.75) is 32.3 Å². The summed E-state index contributed by atoms with van der Waals surface area (Å²) in [6.07, 6.45) is 1.21. The van der Waals surface area contributed by atoms with E-state index in [0.717, 1.165) is 0 Å². The Morgan fingerprint density at radius 1 is 1.44 bits per heavy atom. The monoisotopic (exact) mass is 270 g/mol. The van der Waals surface area contributed by atoms with Gasteiger partial charge in [-0.3, -0.25) is 4.79 Å². The maximum atomic E-state index is 11.3. The Hall–Kier alpha value is -1.55. The van der Waals surface area contributed by atoms with Crippen LogP contribution in [0, 0.1) is 0 Å². The van der Waals surface area contributed by atoms with Crippen LogP contribution >= 0.6 is 11.6 Å². The van der Waals surface area contributed by atoms with E-state index in [1.165, 1.54) is 12.1 Å². The summed E-state index contributed by atoms with van der Waals surface area (Å²) in [7, 11) is 0. The lowest BCUT2D eigenvalue weighted by atomic mass is 9.97. The highest BCUT2D eigenvalue weighted by Crippen LogP contribution is 2.29. The molecule has 0 amide bonds. The summed E-state index contributed by atoms with van der Waals surface area (Å²) >= 11 is 5.77. The van der Waals surface area contributed by atoms with Crippen molar-refractivity contribution in [2.24, 2.45) is 0 Å². The number of carboxylic acids is 1. The standard InChI is InChI=1S/C13H15ClO4/c1-3-13(4-2,12(16)17)18-11-6-5-10(14)7-9(11)8-15/h5-8H,3-4H2,1-2H3,(H,16,17). The molecule has 0 aliphatic heterocycles. The fourth-order valence-electron chi connectivity index (χ4n) is 1.66. The van der Waals surface area contributed by atoms with E-state index >= 15 is 0 Å². The quantitative estimate of drug-likeness (QED) is 0.807. The van der Waals surface area contributed by atoms with Gasteiger partial charge in [-0.2, -0.15) is 0 Å². The molecule has 0 bridgehead atoms. The second kappa shape index (κ2) is 5.87. The SMILES string of the molecule is CCC(CC)(Oc1ccc(Cl)cc1C=O)C(=O)O. The molecular formula is C13H15ClO4. The highest BCUT2D eigenvalue weighted by Gasteiger charge is 2.37. The first-order valence-corrected chi connectivity index (χ1v) is 6.04. The number of hydrogen-bond acceptors (Lipinski definition) is 3. The van der Waals surface area contributed by atoms with Gasteiger partial charge in [-0.05, 0) is 31.0 Å². The molecule has 98 valence electrons. The van der Waals surface area contributed by atoms with Gasteiger partial charge in [-0.1, -0.05) is 25.4 Å². The molecule has 0 saturated carbocycles. The largest absolute Gasteiger partial charge is 0.478 e. The van der Waals surface area contributed by atoms with Crippen molar-refractivity contribution in [1.29, 1.82) is 0 Å². The summed E-state index contributed by atoms with van der Waals surface area (Å²) in [5.74, 6) is -0.806. The first kappa shape index (κ1) is 14.5. The summed E-state index contributed by atoms with van der Waals surface area (Å²) in [6, 6.07) is 4.51. The molecule has 0 aromatic heterocycles. The molecule has 0 radical (unpaired) electrons. The van der Waals surface area contributed by atoms with E-state index in [1.807, 2.05) is 0 Å². The zero-order valence-electron chi connectivity index (χ0n) is 10.3. The summed E-state index contributed by atoms with van der Waals surface area (Å²) in [5, 5.41) is 9.67. The molecule has 5 heteroatoms. The van der Waals surface area contributed by atoms with Gasteiger partial charge in [0, 0.05) is 5.02 Å². The van der Waals surface area contributed by atoms with Gasteiger partial charge in [0.05, 0.1) is 5.56 Å². The Balaban J connectivity index is 3.15. The summed E-state index contributed by atoms with van der Waals surface area (Å²) < 4.78 is 5.55. The number of benzene rings is 1. The zero-order valence-corrected chi connectivity index (χ0v) is 11.0. The second-order valence-corrected chi connectivity index (χ2v) is 4.35. The molecule has 0 saturated heterocycles. The van der Waals surface area contributed by atoms with Crippen LogP contribution in [0.5, 0.6) is 5.75 Å². The van der Waals surface area contributed by atoms with Crippen LogP contribution in [0.15, 0.2) is 18.2 Å². The number of aliphatic carboxylic acids is 1. The van der Waals surface area contributed by atoms with Gasteiger partial charge in [0.1, 0.15) is 5.75 Å². The van der Waals surface area contributed by atoms with Crippen LogP contribution in [-0.2, 0) is 4.79 Å². The molecule has 0 spiro atoms. The van der Waals surface area contributed by atoms with Gasteiger partial charge in [0.25, 0.3) is 0 Å². The van der Waals surface area contributed by atoms with Crippen molar-refractivity contribution in [3.63, 3.8) is 0 Å². The first-order valence-electron chi connectivity index (χ1n) is 5.66. The normalized spacial score (nSPS) is 11.1. The molecule has 1 rings (SSSR count). The summed E-state index contributed by atoms with van der Waals surface area (Å²) in [6.45, 7) is 3.46. The van der Waals surface area contributed by atoms with Gasteiger partial charge < -0.3 is 9.84 Å². The molecule has 0 unspecified atom stereocenters. The average Bonchev–Trinajstić information content (AvgIpc) is 2.37. The lowest BCUT2D eigenvalue weighted by Crippen LogP contribution is -2.43. The van der Waals surface area contributed by atoms with Crippen LogP contribution in [0.1, 0.15) is 37.0 Å². The van der Waals surface area contributed by atoms with E-state index in [4.69, 9.17) is 16.3 Å². The highest BCUT2D eigenvalue weighted by atomic mass is 35.5. The lowest BCUT2D eigenvalue weighted by Gasteiger charge is -2.28. The van der Waals surface area contributed by atoms with Gasteiger partial charge in [-0.25, -0.2) is 4.79 Å². The molecule has 0 atom stereocenters. The van der Waals surface area contributed by atoms with Crippen molar-refractivity contribution in [1.82, 2.24) is 0 Å². The van der Waals surface area contributed by atoms with E-state index in [0.29, 0.717) is 24.2 Å². The predicted octanol–water partition coefficient (Wildman–Crippen LogP) is 3.17. The fraction of sp³-hybridized carbons (Fsp3) is 0.385. The third kappa shape index (κ3) is 2.82. The van der Waals surface area contributed by atoms with Crippen molar-refractivity contribution in [3.8, 4) is 5.75 Å². The van der Waals surface area contributed by atoms with E-state index in [2.05, 4.69) is 0 Å². The summed E-state index contributed by atoms with van der Waals surface area (Å²) in [5.41, 5.74) is -1.07. The van der Waals surface area contributed by atoms with Gasteiger partial charge in [-0.15, -0.1) is 0 Å². The molecule has 0 heterocycles. The van der Waals surface area contributed by atoms with Crippen molar-refractivity contribution >= 4 is 23.9 Å². The number of aldehydes is 1. The van der Waals surface area contributed by atoms with Crippen LogP contribution in [0.3, 0.4) is 0 Å². The van der Waals surface area contributed by atoms with Gasteiger partial charge in [0.2, 0.25) is 5.60 Å². The highest BCUT2D eigenvalue weighted by molar-refractivity contribution is 6.30. The molecule has 0 fully saturated rings. The van der Waals surface area contributed by atoms with Crippen molar-refractivity contribution in [2.75, 3.05) is 0 Å². The van der Waals surface area contributed by atoms with Crippen molar-refractivity contribution < 1.29 is 19.4 Å². The number of rotatable bonds is 6. The van der Waals surface area contributed by atoms with E-state index < -0.39 is 11.6 Å². The fourth-order valence-corrected chi connectivity index (χ4v) is 1.84. The maximum absolute atomic E-state index is 11.3. The van der Waals surface area contributed by atoms with E-state index in [9.17, 15) is 14.7 Å². The number of carbonyl (C=O) groups is 2. The molecule has 0 aliphatic rings. The molecule has 0 aliphatic carbocycles.